The molecule has 7 nitrogen and oxygen atoms in total. The fourth-order valence-corrected chi connectivity index (χ4v) is 4.02. The van der Waals surface area contributed by atoms with Gasteiger partial charge in [-0.2, -0.15) is 4.98 Å². The van der Waals surface area contributed by atoms with Crippen molar-refractivity contribution in [1.29, 1.82) is 0 Å². The van der Waals surface area contributed by atoms with Crippen molar-refractivity contribution in [3.05, 3.63) is 52.5 Å². The Balaban J connectivity index is 2.01. The van der Waals surface area contributed by atoms with Crippen LogP contribution in [0.2, 0.25) is 0 Å². The third kappa shape index (κ3) is 3.63. The smallest absolute Gasteiger partial charge is 0.247 e. The highest BCUT2D eigenvalue weighted by Gasteiger charge is 2.36. The number of para-hydroxylation sites is 1. The molecule has 0 unspecified atom stereocenters. The summed E-state index contributed by atoms with van der Waals surface area (Å²) in [5.41, 5.74) is 2.61. The number of halogens is 1. The van der Waals surface area contributed by atoms with Gasteiger partial charge in [0, 0.05) is 16.5 Å². The van der Waals surface area contributed by atoms with E-state index in [0.717, 1.165) is 10.0 Å². The number of hydrogen-bond acceptors (Lipinski definition) is 7. The predicted octanol–water partition coefficient (Wildman–Crippen LogP) is 4.87. The van der Waals surface area contributed by atoms with Gasteiger partial charge < -0.3 is 9.47 Å². The van der Waals surface area contributed by atoms with Gasteiger partial charge in [0.25, 0.3) is 0 Å². The summed E-state index contributed by atoms with van der Waals surface area (Å²) in [6.45, 7) is 1.82. The molecule has 2 heterocycles. The number of fused-ring (bicyclic) bond motifs is 3. The Morgan fingerprint density at radius 1 is 1.27 bits per heavy atom. The Morgan fingerprint density at radius 3 is 2.80 bits per heavy atom. The normalized spacial score (nSPS) is 14.9. The number of methoxy groups -OCH3 is 1. The monoisotopic (exact) mass is 486 g/mol. The number of carbonyl (C=O) groups is 1. The van der Waals surface area contributed by atoms with Gasteiger partial charge in [0.1, 0.15) is 5.75 Å². The maximum absolute atomic E-state index is 13.2. The average Bonchev–Trinajstić information content (AvgIpc) is 2.92. The lowest BCUT2D eigenvalue weighted by atomic mass is 10.1. The molecule has 1 aliphatic rings. The summed E-state index contributed by atoms with van der Waals surface area (Å²) < 4.78 is 12.8. The topological polar surface area (TPSA) is 77.4 Å². The third-order valence-electron chi connectivity index (χ3n) is 4.72. The summed E-state index contributed by atoms with van der Waals surface area (Å²) in [5.74, 6) is 0.825. The molecule has 0 saturated carbocycles. The van der Waals surface area contributed by atoms with Gasteiger partial charge in [-0.1, -0.05) is 52.8 Å². The number of anilines is 1. The molecule has 0 saturated heterocycles. The largest absolute Gasteiger partial charge is 0.496 e. The summed E-state index contributed by atoms with van der Waals surface area (Å²) in [5, 5.41) is 9.02. The van der Waals surface area contributed by atoms with Crippen LogP contribution < -0.4 is 14.4 Å². The van der Waals surface area contributed by atoms with E-state index in [0.29, 0.717) is 40.2 Å². The molecule has 9 heteroatoms. The molecule has 1 atom stereocenters. The van der Waals surface area contributed by atoms with E-state index in [1.807, 2.05) is 55.6 Å². The molecule has 4 rings (SSSR count). The van der Waals surface area contributed by atoms with Gasteiger partial charge in [0.05, 0.1) is 18.4 Å². The Bertz CT molecular complexity index is 1110. The Labute approximate surface area is 186 Å². The summed E-state index contributed by atoms with van der Waals surface area (Å²) >= 11 is 4.89. The van der Waals surface area contributed by atoms with Crippen LogP contribution in [0.4, 0.5) is 5.69 Å². The van der Waals surface area contributed by atoms with Gasteiger partial charge in [-0.15, -0.1) is 10.2 Å². The molecule has 30 heavy (non-hydrogen) atoms. The Hall–Kier alpha value is -2.65. The highest BCUT2D eigenvalue weighted by Crippen LogP contribution is 2.45. The highest BCUT2D eigenvalue weighted by atomic mass is 79.9. The van der Waals surface area contributed by atoms with Crippen molar-refractivity contribution in [2.45, 2.75) is 24.7 Å². The average molecular weight is 487 g/mol. The minimum Gasteiger partial charge on any atom is -0.496 e. The SMILES string of the molecule is CCC(=O)N1c2ccccc2-c2nnc(SC)nc2O[C@@H]1c1cc(Br)ccc1OC. The van der Waals surface area contributed by atoms with Crippen molar-refractivity contribution < 1.29 is 14.3 Å². The van der Waals surface area contributed by atoms with Crippen molar-refractivity contribution in [2.24, 2.45) is 0 Å². The summed E-state index contributed by atoms with van der Waals surface area (Å²) in [7, 11) is 1.59. The Morgan fingerprint density at radius 2 is 2.07 bits per heavy atom. The second kappa shape index (κ2) is 8.61. The zero-order valence-corrected chi connectivity index (χ0v) is 19.0. The zero-order valence-electron chi connectivity index (χ0n) is 16.6. The van der Waals surface area contributed by atoms with E-state index in [4.69, 9.17) is 9.47 Å². The van der Waals surface area contributed by atoms with Crippen molar-refractivity contribution in [2.75, 3.05) is 18.3 Å². The van der Waals surface area contributed by atoms with E-state index in [-0.39, 0.29) is 5.91 Å². The van der Waals surface area contributed by atoms with Crippen LogP contribution in [0.5, 0.6) is 11.6 Å². The Kier molecular flexibility index (Phi) is 5.92. The summed E-state index contributed by atoms with van der Waals surface area (Å²) in [4.78, 5) is 19.3. The van der Waals surface area contributed by atoms with Gasteiger partial charge >= 0.3 is 0 Å². The number of ether oxygens (including phenoxy) is 2. The van der Waals surface area contributed by atoms with Crippen LogP contribution in [0.1, 0.15) is 25.1 Å². The first kappa shape index (κ1) is 20.6. The van der Waals surface area contributed by atoms with E-state index in [1.54, 1.807) is 12.0 Å². The van der Waals surface area contributed by atoms with Crippen LogP contribution in [0.15, 0.2) is 52.1 Å². The molecule has 0 N–H and O–H groups in total. The number of carbonyl (C=O) groups excluding carboxylic acids is 1. The molecule has 1 aromatic heterocycles. The molecular weight excluding hydrogens is 468 g/mol. The van der Waals surface area contributed by atoms with Crippen LogP contribution in [0, 0.1) is 0 Å². The standard InChI is InChI=1S/C21H19BrN4O3S/c1-4-17(27)26-15-8-6-5-7-13(15)18-19(23-21(30-3)25-24-18)29-20(26)14-11-12(22)9-10-16(14)28-2/h5-11,20H,4H2,1-3H3/t20-/m1/s1. The van der Waals surface area contributed by atoms with E-state index < -0.39 is 6.23 Å². The molecule has 154 valence electrons. The third-order valence-corrected chi connectivity index (χ3v) is 5.75. The lowest BCUT2D eigenvalue weighted by Crippen LogP contribution is -2.37. The molecule has 1 aliphatic heterocycles. The second-order valence-electron chi connectivity index (χ2n) is 6.44. The van der Waals surface area contributed by atoms with Crippen LogP contribution in [0.25, 0.3) is 11.3 Å². The number of thioether (sulfide) groups is 1. The van der Waals surface area contributed by atoms with Gasteiger partial charge in [-0.25, -0.2) is 0 Å². The minimum absolute atomic E-state index is 0.0969. The first-order chi connectivity index (χ1) is 14.6. The lowest BCUT2D eigenvalue weighted by Gasteiger charge is -2.31. The fraction of sp³-hybridized carbons (Fsp3) is 0.238. The highest BCUT2D eigenvalue weighted by molar-refractivity contribution is 9.10. The van der Waals surface area contributed by atoms with Crippen LogP contribution in [-0.2, 0) is 4.79 Å². The van der Waals surface area contributed by atoms with Crippen molar-refractivity contribution in [3.63, 3.8) is 0 Å². The maximum atomic E-state index is 13.2. The first-order valence-corrected chi connectivity index (χ1v) is 11.3. The van der Waals surface area contributed by atoms with Crippen molar-refractivity contribution in [1.82, 2.24) is 15.2 Å². The molecule has 0 bridgehead atoms. The maximum Gasteiger partial charge on any atom is 0.247 e. The van der Waals surface area contributed by atoms with E-state index in [2.05, 4.69) is 31.1 Å². The summed E-state index contributed by atoms with van der Waals surface area (Å²) in [6, 6.07) is 13.1. The van der Waals surface area contributed by atoms with Crippen molar-refractivity contribution in [3.8, 4) is 22.9 Å². The van der Waals surface area contributed by atoms with Gasteiger partial charge in [-0.05, 0) is 30.5 Å². The second-order valence-corrected chi connectivity index (χ2v) is 8.13. The van der Waals surface area contributed by atoms with Gasteiger partial charge in [-0.3, -0.25) is 9.69 Å². The molecule has 2 aromatic carbocycles. The number of nitrogens with zero attached hydrogens (tertiary/aromatic N) is 4. The lowest BCUT2D eigenvalue weighted by molar-refractivity contribution is -0.120. The van der Waals surface area contributed by atoms with Gasteiger partial charge in [0.15, 0.2) is 5.69 Å². The van der Waals surface area contributed by atoms with Gasteiger partial charge in [0.2, 0.25) is 23.2 Å². The number of benzene rings is 2. The quantitative estimate of drug-likeness (QED) is 0.486. The molecule has 0 fully saturated rings. The summed E-state index contributed by atoms with van der Waals surface area (Å²) in [6.07, 6.45) is 1.38. The zero-order chi connectivity index (χ0) is 21.3. The fourth-order valence-electron chi connectivity index (χ4n) is 3.34. The first-order valence-electron chi connectivity index (χ1n) is 9.27. The molecule has 0 radical (unpaired) electrons. The molecule has 0 aliphatic carbocycles. The number of amides is 1. The van der Waals surface area contributed by atoms with E-state index >= 15 is 0 Å². The number of rotatable bonds is 4. The van der Waals surface area contributed by atoms with Crippen LogP contribution in [0.3, 0.4) is 0 Å². The molecule has 1 amide bonds. The number of aromatic nitrogens is 3. The van der Waals surface area contributed by atoms with Crippen LogP contribution in [-0.4, -0.2) is 34.5 Å². The number of hydrogen-bond donors (Lipinski definition) is 0. The predicted molar refractivity (Wildman–Crippen MR) is 119 cm³/mol. The van der Waals surface area contributed by atoms with E-state index in [9.17, 15) is 4.79 Å². The van der Waals surface area contributed by atoms with E-state index in [1.165, 1.54) is 11.8 Å². The molecule has 3 aromatic rings. The molecule has 0 spiro atoms. The van der Waals surface area contributed by atoms with Crippen molar-refractivity contribution >= 4 is 39.3 Å². The minimum atomic E-state index is -0.793. The molecular formula is C21H19BrN4O3S. The van der Waals surface area contributed by atoms with Crippen LogP contribution >= 0.6 is 27.7 Å².